The van der Waals surface area contributed by atoms with Gasteiger partial charge in [0.1, 0.15) is 0 Å². The van der Waals surface area contributed by atoms with Crippen LogP contribution in [-0.4, -0.2) is 22.9 Å². The third-order valence-electron chi connectivity index (χ3n) is 2.71. The van der Waals surface area contributed by atoms with Gasteiger partial charge in [0.05, 0.1) is 16.8 Å². The predicted octanol–water partition coefficient (Wildman–Crippen LogP) is 3.19. The molecular formula is C12H22ClN3. The summed E-state index contributed by atoms with van der Waals surface area (Å²) in [5.74, 6) is 0. The first-order valence-corrected chi connectivity index (χ1v) is 6.45. The zero-order chi connectivity index (χ0) is 12.0. The van der Waals surface area contributed by atoms with Crippen molar-refractivity contribution in [3.8, 4) is 0 Å². The Labute approximate surface area is 103 Å². The largest absolute Gasteiger partial charge is 0.315 e. The van der Waals surface area contributed by atoms with E-state index >= 15 is 0 Å². The Kier molecular flexibility index (Phi) is 5.85. The van der Waals surface area contributed by atoms with E-state index in [0.717, 1.165) is 23.8 Å². The van der Waals surface area contributed by atoms with Gasteiger partial charge in [-0.05, 0) is 26.8 Å². The van der Waals surface area contributed by atoms with Crippen LogP contribution in [0.5, 0.6) is 0 Å². The lowest BCUT2D eigenvalue weighted by Crippen LogP contribution is -2.24. The molecule has 92 valence electrons. The molecule has 0 saturated carbocycles. The quantitative estimate of drug-likeness (QED) is 0.746. The molecule has 0 aliphatic heterocycles. The van der Waals surface area contributed by atoms with E-state index in [-0.39, 0.29) is 0 Å². The highest BCUT2D eigenvalue weighted by molar-refractivity contribution is 6.31. The summed E-state index contributed by atoms with van der Waals surface area (Å²) >= 11 is 5.97. The molecule has 1 aromatic heterocycles. The number of aromatic nitrogens is 2. The van der Waals surface area contributed by atoms with Crippen molar-refractivity contribution in [2.24, 2.45) is 0 Å². The highest BCUT2D eigenvalue weighted by atomic mass is 35.5. The summed E-state index contributed by atoms with van der Waals surface area (Å²) < 4.78 is 1.94. The number of nitrogens with zero attached hydrogens (tertiary/aromatic N) is 2. The van der Waals surface area contributed by atoms with E-state index in [1.165, 1.54) is 19.3 Å². The second-order valence-electron chi connectivity index (χ2n) is 4.30. The molecule has 0 aromatic carbocycles. The number of aryl methyl sites for hydroxylation is 1. The van der Waals surface area contributed by atoms with Crippen LogP contribution in [0.3, 0.4) is 0 Å². The van der Waals surface area contributed by atoms with Gasteiger partial charge in [-0.25, -0.2) is 0 Å². The number of unbranched alkanes of at least 4 members (excludes halogenated alkanes) is 2. The molecule has 1 atom stereocenters. The smallest absolute Gasteiger partial charge is 0.0815 e. The number of rotatable bonds is 7. The van der Waals surface area contributed by atoms with Gasteiger partial charge in [-0.15, -0.1) is 0 Å². The molecule has 3 nitrogen and oxygen atoms in total. The van der Waals surface area contributed by atoms with Gasteiger partial charge in [0.2, 0.25) is 0 Å². The molecule has 4 heteroatoms. The fourth-order valence-electron chi connectivity index (χ4n) is 1.59. The van der Waals surface area contributed by atoms with E-state index in [9.17, 15) is 0 Å². The van der Waals surface area contributed by atoms with E-state index in [1.54, 1.807) is 0 Å². The summed E-state index contributed by atoms with van der Waals surface area (Å²) in [6, 6.07) is 0.354. The Morgan fingerprint density at radius 3 is 2.81 bits per heavy atom. The summed E-state index contributed by atoms with van der Waals surface area (Å²) in [5, 5.41) is 8.56. The first-order valence-electron chi connectivity index (χ1n) is 6.07. The fourth-order valence-corrected chi connectivity index (χ4v) is 1.73. The van der Waals surface area contributed by atoms with Crippen molar-refractivity contribution in [2.75, 3.05) is 13.1 Å². The Morgan fingerprint density at radius 2 is 2.25 bits per heavy atom. The molecule has 16 heavy (non-hydrogen) atoms. The molecule has 1 aromatic rings. The zero-order valence-corrected chi connectivity index (χ0v) is 11.2. The number of hydrogen-bond acceptors (Lipinski definition) is 2. The van der Waals surface area contributed by atoms with Crippen LogP contribution in [0.25, 0.3) is 0 Å². The van der Waals surface area contributed by atoms with Gasteiger partial charge in [0, 0.05) is 12.7 Å². The lowest BCUT2D eigenvalue weighted by atomic mass is 10.2. The van der Waals surface area contributed by atoms with Crippen LogP contribution < -0.4 is 5.32 Å². The molecule has 0 saturated heterocycles. The maximum absolute atomic E-state index is 5.97. The minimum Gasteiger partial charge on any atom is -0.315 e. The maximum Gasteiger partial charge on any atom is 0.0815 e. The first-order chi connectivity index (χ1) is 7.65. The highest BCUT2D eigenvalue weighted by Gasteiger charge is 2.07. The Morgan fingerprint density at radius 1 is 1.50 bits per heavy atom. The molecule has 1 rings (SSSR count). The zero-order valence-electron chi connectivity index (χ0n) is 10.5. The van der Waals surface area contributed by atoms with Crippen molar-refractivity contribution in [3.63, 3.8) is 0 Å². The van der Waals surface area contributed by atoms with E-state index in [4.69, 9.17) is 11.6 Å². The van der Waals surface area contributed by atoms with E-state index in [2.05, 4.69) is 24.3 Å². The SMILES string of the molecule is CCCCCNCC(C)n1cc(Cl)c(C)n1. The van der Waals surface area contributed by atoms with Gasteiger partial charge in [-0.2, -0.15) is 5.10 Å². The molecule has 0 fully saturated rings. The van der Waals surface area contributed by atoms with Crippen molar-refractivity contribution < 1.29 is 0 Å². The van der Waals surface area contributed by atoms with Crippen LogP contribution in [0, 0.1) is 6.92 Å². The lowest BCUT2D eigenvalue weighted by molar-refractivity contribution is 0.448. The van der Waals surface area contributed by atoms with Crippen molar-refractivity contribution in [3.05, 3.63) is 16.9 Å². The lowest BCUT2D eigenvalue weighted by Gasteiger charge is -2.13. The summed E-state index contributed by atoms with van der Waals surface area (Å²) in [5.41, 5.74) is 0.902. The minimum absolute atomic E-state index is 0.354. The van der Waals surface area contributed by atoms with Gasteiger partial charge in [0.25, 0.3) is 0 Å². The molecule has 0 aliphatic carbocycles. The van der Waals surface area contributed by atoms with Crippen LogP contribution in [0.1, 0.15) is 44.8 Å². The van der Waals surface area contributed by atoms with Crippen molar-refractivity contribution >= 4 is 11.6 Å². The molecule has 0 radical (unpaired) electrons. The minimum atomic E-state index is 0.354. The van der Waals surface area contributed by atoms with Gasteiger partial charge >= 0.3 is 0 Å². The Balaban J connectivity index is 2.27. The Hall–Kier alpha value is -0.540. The molecular weight excluding hydrogens is 222 g/mol. The average Bonchev–Trinajstić information content (AvgIpc) is 2.59. The summed E-state index contributed by atoms with van der Waals surface area (Å²) in [6.07, 6.45) is 5.72. The fraction of sp³-hybridized carbons (Fsp3) is 0.750. The van der Waals surface area contributed by atoms with Crippen molar-refractivity contribution in [1.29, 1.82) is 0 Å². The molecule has 1 unspecified atom stereocenters. The molecule has 0 aliphatic rings. The number of halogens is 1. The Bertz CT molecular complexity index is 290. The van der Waals surface area contributed by atoms with Crippen LogP contribution >= 0.6 is 11.6 Å². The molecule has 1 N–H and O–H groups in total. The van der Waals surface area contributed by atoms with Gasteiger partial charge in [0.15, 0.2) is 0 Å². The third kappa shape index (κ3) is 4.14. The molecule has 0 spiro atoms. The van der Waals surface area contributed by atoms with Crippen LogP contribution in [0.2, 0.25) is 5.02 Å². The number of hydrogen-bond donors (Lipinski definition) is 1. The van der Waals surface area contributed by atoms with E-state index in [0.29, 0.717) is 6.04 Å². The van der Waals surface area contributed by atoms with Gasteiger partial charge < -0.3 is 5.32 Å². The molecule has 0 amide bonds. The topological polar surface area (TPSA) is 29.9 Å². The van der Waals surface area contributed by atoms with E-state index in [1.807, 2.05) is 17.8 Å². The monoisotopic (exact) mass is 243 g/mol. The highest BCUT2D eigenvalue weighted by Crippen LogP contribution is 2.15. The van der Waals surface area contributed by atoms with Gasteiger partial charge in [-0.1, -0.05) is 31.4 Å². The summed E-state index contributed by atoms with van der Waals surface area (Å²) in [7, 11) is 0. The average molecular weight is 244 g/mol. The van der Waals surface area contributed by atoms with Crippen LogP contribution in [-0.2, 0) is 0 Å². The second kappa shape index (κ2) is 6.92. The van der Waals surface area contributed by atoms with E-state index < -0.39 is 0 Å². The van der Waals surface area contributed by atoms with Crippen molar-refractivity contribution in [1.82, 2.24) is 15.1 Å². The van der Waals surface area contributed by atoms with Crippen molar-refractivity contribution in [2.45, 2.75) is 46.1 Å². The second-order valence-corrected chi connectivity index (χ2v) is 4.71. The maximum atomic E-state index is 5.97. The van der Waals surface area contributed by atoms with Crippen LogP contribution in [0.4, 0.5) is 0 Å². The normalized spacial score (nSPS) is 13.0. The standard InChI is InChI=1S/C12H22ClN3/c1-4-5-6-7-14-8-10(2)16-9-12(13)11(3)15-16/h9-10,14H,4-8H2,1-3H3. The molecule has 1 heterocycles. The van der Waals surface area contributed by atoms with Gasteiger partial charge in [-0.3, -0.25) is 4.68 Å². The summed E-state index contributed by atoms with van der Waals surface area (Å²) in [6.45, 7) is 8.33. The predicted molar refractivity (Wildman–Crippen MR) is 69.1 cm³/mol. The summed E-state index contributed by atoms with van der Waals surface area (Å²) in [4.78, 5) is 0. The first kappa shape index (κ1) is 13.5. The number of nitrogens with one attached hydrogen (secondary N) is 1. The molecule has 0 bridgehead atoms. The third-order valence-corrected chi connectivity index (χ3v) is 3.08. The van der Waals surface area contributed by atoms with Crippen LogP contribution in [0.15, 0.2) is 6.20 Å².